The lowest BCUT2D eigenvalue weighted by Gasteiger charge is -2.32. The molecule has 0 saturated carbocycles. The predicted octanol–water partition coefficient (Wildman–Crippen LogP) is 7.02. The Morgan fingerprint density at radius 1 is 0.630 bits per heavy atom. The van der Waals surface area contributed by atoms with Crippen molar-refractivity contribution in [2.24, 2.45) is 0 Å². The Morgan fingerprint density at radius 3 is 1.67 bits per heavy atom. The maximum absolute atomic E-state index is 9.63. The average Bonchev–Trinajstić information content (AvgIpc) is 3.40. The van der Waals surface area contributed by atoms with Gasteiger partial charge in [-0.15, -0.1) is 0 Å². The van der Waals surface area contributed by atoms with Gasteiger partial charge in [0, 0.05) is 16.7 Å². The van der Waals surface area contributed by atoms with Gasteiger partial charge in [0.1, 0.15) is 45.6 Å². The van der Waals surface area contributed by atoms with Gasteiger partial charge < -0.3 is 31.0 Å². The van der Waals surface area contributed by atoms with Gasteiger partial charge >= 0.3 is 7.12 Å². The molecular weight excluding hydrogens is 747 g/mol. The molecule has 1 aliphatic heterocycles. The van der Waals surface area contributed by atoms with Crippen LogP contribution in [0.25, 0.3) is 33.8 Å². The molecule has 0 bridgehead atoms. The van der Waals surface area contributed by atoms with Crippen LogP contribution < -0.4 is 16.9 Å². The lowest BCUT2D eigenvalue weighted by molar-refractivity contribution is 0.00578. The number of aromatic hydroxyl groups is 2. The normalized spacial score (nSPS) is 13.6. The summed E-state index contributed by atoms with van der Waals surface area (Å²) in [5, 5.41) is 37.1. The van der Waals surface area contributed by atoms with E-state index in [4.69, 9.17) is 31.3 Å². The van der Waals surface area contributed by atoms with Crippen LogP contribution in [0.15, 0.2) is 114 Å². The number of halogens is 1. The van der Waals surface area contributed by atoms with Gasteiger partial charge in [-0.05, 0) is 79.4 Å². The number of anilines is 2. The lowest BCUT2D eigenvalue weighted by Crippen LogP contribution is -2.41. The number of phenolic OH excluding ortho intramolecular Hbond substituents is 2. The van der Waals surface area contributed by atoms with Crippen molar-refractivity contribution in [3.8, 4) is 57.4 Å². The number of aromatic nitrogens is 4. The highest BCUT2D eigenvalue weighted by Gasteiger charge is 2.51. The summed E-state index contributed by atoms with van der Waals surface area (Å²) in [5.74, 6) is 0.655. The van der Waals surface area contributed by atoms with Gasteiger partial charge in [0.05, 0.1) is 46.1 Å². The molecule has 6 aromatic rings. The van der Waals surface area contributed by atoms with Gasteiger partial charge in [-0.2, -0.15) is 10.5 Å². The molecule has 1 fully saturated rings. The molecule has 1 aliphatic rings. The summed E-state index contributed by atoms with van der Waals surface area (Å²) in [6.07, 6.45) is 3.00. The minimum Gasteiger partial charge on any atom is -0.507 e. The summed E-state index contributed by atoms with van der Waals surface area (Å²) < 4.78 is 12.5. The number of nitrogen functional groups attached to an aromatic ring is 2. The van der Waals surface area contributed by atoms with Crippen molar-refractivity contribution in [1.82, 2.24) is 19.9 Å². The highest BCUT2D eigenvalue weighted by molar-refractivity contribution is 9.10. The Morgan fingerprint density at radius 2 is 1.11 bits per heavy atom. The van der Waals surface area contributed by atoms with E-state index in [2.05, 4.69) is 35.9 Å². The zero-order chi connectivity index (χ0) is 39.0. The Hall–Kier alpha value is -6.32. The molecule has 0 unspecified atom stereocenters. The first-order chi connectivity index (χ1) is 25.7. The second-order valence-corrected chi connectivity index (χ2v) is 13.7. The maximum atomic E-state index is 9.63. The van der Waals surface area contributed by atoms with E-state index >= 15 is 0 Å². The van der Waals surface area contributed by atoms with Crippen molar-refractivity contribution in [3.05, 3.63) is 125 Å². The summed E-state index contributed by atoms with van der Waals surface area (Å²) in [6, 6.07) is 32.8. The topological polar surface area (TPSA) is 210 Å². The molecule has 1 saturated heterocycles. The van der Waals surface area contributed by atoms with Crippen molar-refractivity contribution in [2.75, 3.05) is 11.5 Å². The molecule has 0 radical (unpaired) electrons. The van der Waals surface area contributed by atoms with Gasteiger partial charge in [0.2, 0.25) is 0 Å². The number of rotatable bonds is 4. The molecule has 0 amide bonds. The number of hydrogen-bond donors (Lipinski definition) is 4. The quantitative estimate of drug-likeness (QED) is 0.133. The van der Waals surface area contributed by atoms with Crippen molar-refractivity contribution in [1.29, 1.82) is 10.5 Å². The zero-order valence-corrected chi connectivity index (χ0v) is 31.5. The SMILES string of the molecule is CC1(C)OB(c2ccc(O)c(C#N)c2)OC1(C)C.N#Cc1cc(-c2ncc(N)nc2-c2ccccc2)ccc1O.Nc1cnc(Br)c(-c2ccccc2)n1. The van der Waals surface area contributed by atoms with Gasteiger partial charge in [-0.1, -0.05) is 66.7 Å². The van der Waals surface area contributed by atoms with Crippen LogP contribution in [0, 0.1) is 22.7 Å². The van der Waals surface area contributed by atoms with Gasteiger partial charge in [-0.25, -0.2) is 15.0 Å². The zero-order valence-electron chi connectivity index (χ0n) is 29.9. The molecule has 7 rings (SSSR count). The Balaban J connectivity index is 0.000000160. The van der Waals surface area contributed by atoms with Crippen LogP contribution in [0.1, 0.15) is 38.8 Å². The molecule has 3 heterocycles. The van der Waals surface area contributed by atoms with Crippen LogP contribution >= 0.6 is 15.9 Å². The molecule has 54 heavy (non-hydrogen) atoms. The third-order valence-corrected chi connectivity index (χ3v) is 9.27. The smallest absolute Gasteiger partial charge is 0.494 e. The fraction of sp³-hybridized carbons (Fsp3) is 0.150. The first kappa shape index (κ1) is 38.9. The minimum atomic E-state index is -0.511. The van der Waals surface area contributed by atoms with Crippen LogP contribution in [0.2, 0.25) is 0 Å². The minimum absolute atomic E-state index is 0.0298. The van der Waals surface area contributed by atoms with Gasteiger partial charge in [-0.3, -0.25) is 4.98 Å². The van der Waals surface area contributed by atoms with Crippen molar-refractivity contribution in [2.45, 2.75) is 38.9 Å². The first-order valence-electron chi connectivity index (χ1n) is 16.6. The monoisotopic (exact) mass is 782 g/mol. The number of nitrogens with zero attached hydrogens (tertiary/aromatic N) is 6. The van der Waals surface area contributed by atoms with E-state index in [1.165, 1.54) is 24.5 Å². The van der Waals surface area contributed by atoms with E-state index < -0.39 is 18.3 Å². The van der Waals surface area contributed by atoms with E-state index in [1.807, 2.05) is 100 Å². The fourth-order valence-electron chi connectivity index (χ4n) is 5.12. The Kier molecular flexibility index (Phi) is 11.9. The van der Waals surface area contributed by atoms with Crippen LogP contribution in [0.5, 0.6) is 11.5 Å². The number of nitrogens with two attached hydrogens (primary N) is 2. The molecule has 4 aromatic carbocycles. The van der Waals surface area contributed by atoms with E-state index in [-0.39, 0.29) is 22.6 Å². The van der Waals surface area contributed by atoms with Crippen LogP contribution in [0.3, 0.4) is 0 Å². The molecule has 270 valence electrons. The molecule has 12 nitrogen and oxygen atoms in total. The summed E-state index contributed by atoms with van der Waals surface area (Å²) in [5.41, 5.74) is 16.2. The average molecular weight is 783 g/mol. The van der Waals surface area contributed by atoms with Crippen molar-refractivity contribution < 1.29 is 19.5 Å². The summed E-state index contributed by atoms with van der Waals surface area (Å²) in [6.45, 7) is 7.88. The molecule has 0 aliphatic carbocycles. The number of phenols is 2. The van der Waals surface area contributed by atoms with E-state index in [9.17, 15) is 10.2 Å². The van der Waals surface area contributed by atoms with Crippen molar-refractivity contribution in [3.63, 3.8) is 0 Å². The van der Waals surface area contributed by atoms with Crippen molar-refractivity contribution >= 4 is 40.1 Å². The second-order valence-electron chi connectivity index (χ2n) is 13.0. The summed E-state index contributed by atoms with van der Waals surface area (Å²) >= 11 is 3.34. The summed E-state index contributed by atoms with van der Waals surface area (Å²) in [4.78, 5) is 17.0. The van der Waals surface area contributed by atoms with Gasteiger partial charge in [0.15, 0.2) is 0 Å². The highest BCUT2D eigenvalue weighted by Crippen LogP contribution is 2.37. The molecule has 6 N–H and O–H groups in total. The third-order valence-electron chi connectivity index (χ3n) is 8.69. The van der Waals surface area contributed by atoms with Crippen LogP contribution in [-0.2, 0) is 9.31 Å². The molecule has 2 aromatic heterocycles. The maximum Gasteiger partial charge on any atom is 0.494 e. The highest BCUT2D eigenvalue weighted by atomic mass is 79.9. The van der Waals surface area contributed by atoms with Crippen LogP contribution in [0.4, 0.5) is 11.6 Å². The number of nitriles is 2. The Labute approximate surface area is 322 Å². The molecular formula is C40H36BBrN8O4. The van der Waals surface area contributed by atoms with E-state index in [1.54, 1.807) is 24.3 Å². The Bertz CT molecular complexity index is 2330. The summed E-state index contributed by atoms with van der Waals surface area (Å²) in [7, 11) is -0.511. The predicted molar refractivity (Wildman–Crippen MR) is 212 cm³/mol. The van der Waals surface area contributed by atoms with Crippen LogP contribution in [-0.4, -0.2) is 48.5 Å². The first-order valence-corrected chi connectivity index (χ1v) is 17.4. The van der Waals surface area contributed by atoms with E-state index in [0.717, 1.165) is 22.3 Å². The molecule has 0 spiro atoms. The number of benzene rings is 4. The van der Waals surface area contributed by atoms with E-state index in [0.29, 0.717) is 33.2 Å². The van der Waals surface area contributed by atoms with Gasteiger partial charge in [0.25, 0.3) is 0 Å². The molecule has 14 heteroatoms. The fourth-order valence-corrected chi connectivity index (χ4v) is 5.54. The second kappa shape index (κ2) is 16.6. The number of hydrogen-bond acceptors (Lipinski definition) is 12. The third kappa shape index (κ3) is 9.00. The lowest BCUT2D eigenvalue weighted by atomic mass is 9.78. The largest absolute Gasteiger partial charge is 0.507 e. The molecule has 0 atom stereocenters. The standard InChI is InChI=1S/C17H12N4O.C13H16BNO3.C10H8BrN3/c18-9-13-8-12(6-7-14(13)22)16-17(21-15(19)10-20-16)11-4-2-1-3-5-11;1-12(2)13(3,4)18-14(17-12)10-5-6-11(16)9(7-10)8-15;11-10-9(14-8(12)6-13-10)7-4-2-1-3-5-7/h1-8,10,22H,(H2,19,21);5-7,16H,1-4H3;1-6H,(H2,12,14).